The summed E-state index contributed by atoms with van der Waals surface area (Å²) in [5, 5.41) is 5.25. The number of hydrogen-bond acceptors (Lipinski definition) is 6. The van der Waals surface area contributed by atoms with Gasteiger partial charge in [0.05, 0.1) is 35.3 Å². The maximum Gasteiger partial charge on any atom is 0.416 e. The van der Waals surface area contributed by atoms with Crippen LogP contribution >= 0.6 is 23.4 Å². The molecule has 2 fully saturated rings. The summed E-state index contributed by atoms with van der Waals surface area (Å²) in [6, 6.07) is 8.86. The fourth-order valence-corrected chi connectivity index (χ4v) is 5.36. The van der Waals surface area contributed by atoms with Crippen molar-refractivity contribution in [1.29, 1.82) is 0 Å². The Morgan fingerprint density at radius 2 is 1.89 bits per heavy atom. The van der Waals surface area contributed by atoms with E-state index in [2.05, 4.69) is 10.00 Å². The number of likely N-dealkylation sites (tertiary alicyclic amines) is 1. The number of nitrogens with zero attached hydrogens (tertiary/aromatic N) is 4. The number of fused-ring (bicyclic) bond motifs is 1. The average Bonchev–Trinajstić information content (AvgIpc) is 3.56. The summed E-state index contributed by atoms with van der Waals surface area (Å²) in [6.07, 6.45) is 0.874. The molecule has 7 nitrogen and oxygen atoms in total. The number of carbonyl (C=O) groups excluding carboxylic acids is 2. The number of hydroxylamine groups is 2. The molecule has 0 atom stereocenters. The summed E-state index contributed by atoms with van der Waals surface area (Å²) in [6.45, 7) is 2.80. The molecule has 2 saturated heterocycles. The number of carbonyl (C=O) groups is 2. The van der Waals surface area contributed by atoms with Crippen molar-refractivity contribution >= 4 is 51.5 Å². The molecule has 2 aliphatic rings. The molecular formula is C25H22ClF3N4O3S. The summed E-state index contributed by atoms with van der Waals surface area (Å²) in [5.74, 6) is -0.519. The molecule has 3 heterocycles. The van der Waals surface area contributed by atoms with Crippen LogP contribution in [0.4, 0.5) is 18.0 Å². The standard InChI is InChI=1S/C25H22ClF3N4O3S/c26-19-5-4-17(20(13-19)25(27,28)29)15-32-21-6-3-16(11-18(21)14-30-32)12-22-23(34)33(24(35)37-22)36-10-9-31-7-1-2-8-31/h3-6,11-14H,1-2,7-10,15H2. The first-order chi connectivity index (χ1) is 17.7. The summed E-state index contributed by atoms with van der Waals surface area (Å²) in [4.78, 5) is 32.9. The number of benzene rings is 2. The largest absolute Gasteiger partial charge is 0.416 e. The monoisotopic (exact) mass is 550 g/mol. The lowest BCUT2D eigenvalue weighted by molar-refractivity contribution is -0.160. The van der Waals surface area contributed by atoms with Gasteiger partial charge >= 0.3 is 11.4 Å². The lowest BCUT2D eigenvalue weighted by Gasteiger charge is -2.17. The van der Waals surface area contributed by atoms with E-state index >= 15 is 0 Å². The minimum Gasteiger partial charge on any atom is -0.301 e. The van der Waals surface area contributed by atoms with Gasteiger partial charge in [0.1, 0.15) is 0 Å². The first-order valence-corrected chi connectivity index (χ1v) is 12.8. The quantitative estimate of drug-likeness (QED) is 0.345. The second kappa shape index (κ2) is 10.5. The molecule has 5 rings (SSSR count). The van der Waals surface area contributed by atoms with Crippen molar-refractivity contribution in [2.24, 2.45) is 0 Å². The topological polar surface area (TPSA) is 67.7 Å². The maximum atomic E-state index is 13.5. The van der Waals surface area contributed by atoms with Crippen LogP contribution in [0.5, 0.6) is 0 Å². The smallest absolute Gasteiger partial charge is 0.301 e. The molecule has 2 amide bonds. The van der Waals surface area contributed by atoms with E-state index in [4.69, 9.17) is 16.4 Å². The van der Waals surface area contributed by atoms with Gasteiger partial charge in [-0.3, -0.25) is 19.1 Å². The number of rotatable bonds is 7. The molecule has 0 N–H and O–H groups in total. The number of aromatic nitrogens is 2. The van der Waals surface area contributed by atoms with Crippen molar-refractivity contribution in [3.63, 3.8) is 0 Å². The molecular weight excluding hydrogens is 529 g/mol. The van der Waals surface area contributed by atoms with E-state index in [1.165, 1.54) is 16.8 Å². The lowest BCUT2D eigenvalue weighted by Crippen LogP contribution is -2.32. The second-order valence-electron chi connectivity index (χ2n) is 8.78. The van der Waals surface area contributed by atoms with Gasteiger partial charge in [-0.2, -0.15) is 18.3 Å². The molecule has 37 heavy (non-hydrogen) atoms. The van der Waals surface area contributed by atoms with Crippen molar-refractivity contribution < 1.29 is 27.6 Å². The van der Waals surface area contributed by atoms with Crippen LogP contribution in [0, 0.1) is 0 Å². The number of amides is 2. The van der Waals surface area contributed by atoms with E-state index in [0.717, 1.165) is 48.8 Å². The normalized spacial score (nSPS) is 18.2. The Bertz CT molecular complexity index is 1390. The molecule has 0 unspecified atom stereocenters. The third kappa shape index (κ3) is 5.69. The molecule has 3 aromatic rings. The first kappa shape index (κ1) is 25.8. The van der Waals surface area contributed by atoms with Gasteiger partial charge in [0.25, 0.3) is 5.91 Å². The Labute approximate surface area is 219 Å². The van der Waals surface area contributed by atoms with Crippen LogP contribution in [0.25, 0.3) is 17.0 Å². The Kier molecular flexibility index (Phi) is 7.30. The SMILES string of the molecule is O=C1SC(=Cc2ccc3c(cnn3Cc3ccc(Cl)cc3C(F)(F)F)c2)C(=O)N1OCCN1CCCC1. The zero-order valence-electron chi connectivity index (χ0n) is 19.5. The highest BCUT2D eigenvalue weighted by molar-refractivity contribution is 8.18. The summed E-state index contributed by atoms with van der Waals surface area (Å²) in [7, 11) is 0. The van der Waals surface area contributed by atoms with Crippen LogP contribution in [-0.4, -0.2) is 57.1 Å². The van der Waals surface area contributed by atoms with E-state index < -0.39 is 22.9 Å². The lowest BCUT2D eigenvalue weighted by atomic mass is 10.1. The average molecular weight is 551 g/mol. The van der Waals surface area contributed by atoms with Gasteiger partial charge < -0.3 is 4.90 Å². The van der Waals surface area contributed by atoms with Gasteiger partial charge in [0, 0.05) is 17.0 Å². The van der Waals surface area contributed by atoms with E-state index in [1.807, 2.05) is 0 Å². The van der Waals surface area contributed by atoms with Crippen molar-refractivity contribution in [2.45, 2.75) is 25.6 Å². The van der Waals surface area contributed by atoms with Crippen LogP contribution in [-0.2, 0) is 22.4 Å². The predicted molar refractivity (Wildman–Crippen MR) is 135 cm³/mol. The summed E-state index contributed by atoms with van der Waals surface area (Å²) < 4.78 is 41.9. The Hall–Kier alpha value is -2.86. The second-order valence-corrected chi connectivity index (χ2v) is 10.2. The van der Waals surface area contributed by atoms with Crippen molar-refractivity contribution in [2.75, 3.05) is 26.2 Å². The van der Waals surface area contributed by atoms with Gasteiger partial charge in [0.2, 0.25) is 0 Å². The van der Waals surface area contributed by atoms with E-state index in [9.17, 15) is 22.8 Å². The fraction of sp³-hybridized carbons (Fsp3) is 0.320. The van der Waals surface area contributed by atoms with Crippen LogP contribution in [0.15, 0.2) is 47.5 Å². The van der Waals surface area contributed by atoms with E-state index in [1.54, 1.807) is 30.5 Å². The zero-order valence-corrected chi connectivity index (χ0v) is 21.1. The number of halogens is 4. The van der Waals surface area contributed by atoms with Crippen molar-refractivity contribution in [3.8, 4) is 0 Å². The molecule has 194 valence electrons. The van der Waals surface area contributed by atoms with Crippen molar-refractivity contribution in [3.05, 3.63) is 69.2 Å². The van der Waals surface area contributed by atoms with Crippen LogP contribution < -0.4 is 0 Å². The van der Waals surface area contributed by atoms with Crippen LogP contribution in [0.3, 0.4) is 0 Å². The molecule has 1 aromatic heterocycles. The highest BCUT2D eigenvalue weighted by Gasteiger charge is 2.37. The number of hydrogen-bond donors (Lipinski definition) is 0. The molecule has 2 aliphatic heterocycles. The Balaban J connectivity index is 1.30. The zero-order chi connectivity index (χ0) is 26.2. The van der Waals surface area contributed by atoms with Gasteiger partial charge in [-0.1, -0.05) is 23.7 Å². The third-order valence-corrected chi connectivity index (χ3v) is 7.33. The summed E-state index contributed by atoms with van der Waals surface area (Å²) >= 11 is 6.58. The highest BCUT2D eigenvalue weighted by Crippen LogP contribution is 2.35. The Morgan fingerprint density at radius 3 is 2.65 bits per heavy atom. The molecule has 0 radical (unpaired) electrons. The van der Waals surface area contributed by atoms with Gasteiger partial charge in [-0.25, -0.2) is 0 Å². The number of alkyl halides is 3. The first-order valence-electron chi connectivity index (χ1n) is 11.6. The third-order valence-electron chi connectivity index (χ3n) is 6.25. The van der Waals surface area contributed by atoms with E-state index in [0.29, 0.717) is 23.0 Å². The molecule has 0 bridgehead atoms. The molecule has 0 spiro atoms. The number of thioether (sulfide) groups is 1. The highest BCUT2D eigenvalue weighted by atomic mass is 35.5. The van der Waals surface area contributed by atoms with Crippen LogP contribution in [0.2, 0.25) is 5.02 Å². The number of imide groups is 1. The molecule has 2 aromatic carbocycles. The van der Waals surface area contributed by atoms with Gasteiger partial charge in [-0.15, -0.1) is 5.06 Å². The minimum absolute atomic E-state index is 0.00689. The van der Waals surface area contributed by atoms with E-state index in [-0.39, 0.29) is 28.6 Å². The molecule has 12 heteroatoms. The predicted octanol–water partition coefficient (Wildman–Crippen LogP) is 5.82. The fourth-order valence-electron chi connectivity index (χ4n) is 4.42. The maximum absolute atomic E-state index is 13.5. The molecule has 0 saturated carbocycles. The molecule has 0 aliphatic carbocycles. The van der Waals surface area contributed by atoms with Crippen molar-refractivity contribution in [1.82, 2.24) is 19.7 Å². The summed E-state index contributed by atoms with van der Waals surface area (Å²) in [5.41, 5.74) is 0.513. The minimum atomic E-state index is -4.54. The van der Waals surface area contributed by atoms with Gasteiger partial charge in [0.15, 0.2) is 0 Å². The Morgan fingerprint density at radius 1 is 1.11 bits per heavy atom. The van der Waals surface area contributed by atoms with Gasteiger partial charge in [-0.05, 0) is 79.2 Å². The van der Waals surface area contributed by atoms with Crippen LogP contribution in [0.1, 0.15) is 29.5 Å².